The monoisotopic (exact) mass is 294 g/mol. The Morgan fingerprint density at radius 1 is 1.40 bits per heavy atom. The van der Waals surface area contributed by atoms with E-state index >= 15 is 0 Å². The van der Waals surface area contributed by atoms with E-state index in [2.05, 4.69) is 13.8 Å². The summed E-state index contributed by atoms with van der Waals surface area (Å²) in [5, 5.41) is 9.73. The summed E-state index contributed by atoms with van der Waals surface area (Å²) < 4.78 is 0. The van der Waals surface area contributed by atoms with Crippen molar-refractivity contribution in [2.24, 2.45) is 11.7 Å². The van der Waals surface area contributed by atoms with Gasteiger partial charge in [0.15, 0.2) is 0 Å². The van der Waals surface area contributed by atoms with Gasteiger partial charge in [0, 0.05) is 25.1 Å². The normalized spacial score (nSPS) is 10.6. The Morgan fingerprint density at radius 2 is 2.05 bits per heavy atom. The molecule has 0 saturated carbocycles. The molecule has 20 heavy (non-hydrogen) atoms. The van der Waals surface area contributed by atoms with E-state index in [1.165, 1.54) is 0 Å². The fourth-order valence-electron chi connectivity index (χ4n) is 1.94. The van der Waals surface area contributed by atoms with Gasteiger partial charge in [-0.3, -0.25) is 4.79 Å². The zero-order valence-corrected chi connectivity index (χ0v) is 12.8. The first-order valence-electron chi connectivity index (χ1n) is 6.73. The largest absolute Gasteiger partial charge is 0.508 e. The quantitative estimate of drug-likeness (QED) is 0.756. The minimum absolute atomic E-state index is 0.0172. The highest BCUT2D eigenvalue weighted by molar-refractivity contribution is 7.80. The number of carbonyl (C=O) groups is 1. The number of aromatic hydroxyl groups is 1. The standard InChI is InChI=1S/C15H22N2O2S/c1-11(2)10-17(8-7-14(16)20)15(19)9-12-5-3-4-6-13(12)18/h3-6,11,18H,7-10H2,1-2H3,(H2,16,20). The van der Waals surface area contributed by atoms with Crippen LogP contribution in [0.4, 0.5) is 0 Å². The molecule has 1 rings (SSSR count). The second-order valence-corrected chi connectivity index (χ2v) is 5.78. The minimum Gasteiger partial charge on any atom is -0.508 e. The number of carbonyl (C=O) groups excluding carboxylic acids is 1. The van der Waals surface area contributed by atoms with Crippen LogP contribution >= 0.6 is 12.2 Å². The van der Waals surface area contributed by atoms with Crippen molar-refractivity contribution in [3.05, 3.63) is 29.8 Å². The van der Waals surface area contributed by atoms with Gasteiger partial charge in [-0.05, 0) is 12.0 Å². The van der Waals surface area contributed by atoms with E-state index < -0.39 is 0 Å². The molecule has 110 valence electrons. The molecular weight excluding hydrogens is 272 g/mol. The second-order valence-electron chi connectivity index (χ2n) is 5.26. The highest BCUT2D eigenvalue weighted by atomic mass is 32.1. The van der Waals surface area contributed by atoms with Crippen LogP contribution in [0.5, 0.6) is 5.75 Å². The number of hydrogen-bond donors (Lipinski definition) is 2. The maximum Gasteiger partial charge on any atom is 0.227 e. The van der Waals surface area contributed by atoms with Crippen LogP contribution in [-0.2, 0) is 11.2 Å². The first-order chi connectivity index (χ1) is 9.40. The number of thiocarbonyl (C=S) groups is 1. The van der Waals surface area contributed by atoms with Gasteiger partial charge in [0.05, 0.1) is 11.4 Å². The number of amides is 1. The second kappa shape index (κ2) is 7.85. The number of nitrogens with zero attached hydrogens (tertiary/aromatic N) is 1. The van der Waals surface area contributed by atoms with E-state index in [1.807, 2.05) is 6.07 Å². The molecule has 0 aliphatic rings. The Kier molecular flexibility index (Phi) is 6.45. The molecule has 0 aromatic heterocycles. The van der Waals surface area contributed by atoms with Gasteiger partial charge in [-0.2, -0.15) is 0 Å². The predicted molar refractivity (Wildman–Crippen MR) is 84.6 cm³/mol. The lowest BCUT2D eigenvalue weighted by Crippen LogP contribution is -2.37. The Hall–Kier alpha value is -1.62. The van der Waals surface area contributed by atoms with Crippen LogP contribution in [0.3, 0.4) is 0 Å². The SMILES string of the molecule is CC(C)CN(CCC(N)=S)C(=O)Cc1ccccc1O. The van der Waals surface area contributed by atoms with Crippen LogP contribution in [0, 0.1) is 5.92 Å². The summed E-state index contributed by atoms with van der Waals surface area (Å²) in [4.78, 5) is 14.5. The molecular formula is C15H22N2O2S. The summed E-state index contributed by atoms with van der Waals surface area (Å²) in [6.45, 7) is 5.30. The third-order valence-electron chi connectivity index (χ3n) is 2.90. The lowest BCUT2D eigenvalue weighted by Gasteiger charge is -2.24. The van der Waals surface area contributed by atoms with Crippen LogP contribution in [0.25, 0.3) is 0 Å². The molecule has 1 amide bonds. The summed E-state index contributed by atoms with van der Waals surface area (Å²) in [5.74, 6) is 0.505. The molecule has 4 nitrogen and oxygen atoms in total. The van der Waals surface area contributed by atoms with Gasteiger partial charge in [-0.15, -0.1) is 0 Å². The zero-order valence-electron chi connectivity index (χ0n) is 12.0. The van der Waals surface area contributed by atoms with Crippen LogP contribution in [0.15, 0.2) is 24.3 Å². The van der Waals surface area contributed by atoms with Crippen molar-refractivity contribution in [3.63, 3.8) is 0 Å². The number of phenolic OH excluding ortho intramolecular Hbond substituents is 1. The molecule has 0 atom stereocenters. The van der Waals surface area contributed by atoms with Crippen molar-refractivity contribution in [3.8, 4) is 5.75 Å². The van der Waals surface area contributed by atoms with E-state index in [9.17, 15) is 9.90 Å². The van der Waals surface area contributed by atoms with Crippen molar-refractivity contribution >= 4 is 23.1 Å². The lowest BCUT2D eigenvalue weighted by molar-refractivity contribution is -0.130. The Bertz CT molecular complexity index is 475. The van der Waals surface area contributed by atoms with Gasteiger partial charge in [-0.25, -0.2) is 0 Å². The van der Waals surface area contributed by atoms with Gasteiger partial charge in [0.1, 0.15) is 5.75 Å². The molecule has 0 radical (unpaired) electrons. The number of hydrogen-bond acceptors (Lipinski definition) is 3. The van der Waals surface area contributed by atoms with Crippen molar-refractivity contribution < 1.29 is 9.90 Å². The summed E-state index contributed by atoms with van der Waals surface area (Å²) in [5.41, 5.74) is 6.14. The Labute approximate surface area is 125 Å². The fourth-order valence-corrected chi connectivity index (χ4v) is 2.03. The molecule has 5 heteroatoms. The topological polar surface area (TPSA) is 66.6 Å². The molecule has 1 aromatic rings. The summed E-state index contributed by atoms with van der Waals surface area (Å²) in [6.07, 6.45) is 0.714. The smallest absolute Gasteiger partial charge is 0.227 e. The van der Waals surface area contributed by atoms with Gasteiger partial charge in [0.2, 0.25) is 5.91 Å². The summed E-state index contributed by atoms with van der Waals surface area (Å²) in [7, 11) is 0. The van der Waals surface area contributed by atoms with E-state index in [0.717, 1.165) is 0 Å². The highest BCUT2D eigenvalue weighted by Crippen LogP contribution is 2.17. The van der Waals surface area contributed by atoms with E-state index in [1.54, 1.807) is 23.1 Å². The third kappa shape index (κ3) is 5.57. The van der Waals surface area contributed by atoms with Crippen LogP contribution < -0.4 is 5.73 Å². The Morgan fingerprint density at radius 3 is 2.60 bits per heavy atom. The maximum atomic E-state index is 12.3. The molecule has 1 aromatic carbocycles. The first kappa shape index (κ1) is 16.4. The number of nitrogens with two attached hydrogens (primary N) is 1. The first-order valence-corrected chi connectivity index (χ1v) is 7.14. The van der Waals surface area contributed by atoms with E-state index in [4.69, 9.17) is 18.0 Å². The van der Waals surface area contributed by atoms with Crippen LogP contribution in [0.1, 0.15) is 25.8 Å². The van der Waals surface area contributed by atoms with Gasteiger partial charge in [0.25, 0.3) is 0 Å². The van der Waals surface area contributed by atoms with Gasteiger partial charge in [-0.1, -0.05) is 44.3 Å². The van der Waals surface area contributed by atoms with Gasteiger partial charge >= 0.3 is 0 Å². The number of phenols is 1. The highest BCUT2D eigenvalue weighted by Gasteiger charge is 2.16. The lowest BCUT2D eigenvalue weighted by atomic mass is 10.1. The third-order valence-corrected chi connectivity index (χ3v) is 3.10. The number of para-hydroxylation sites is 1. The molecule has 0 aliphatic heterocycles. The van der Waals surface area contributed by atoms with Crippen molar-refractivity contribution in [2.75, 3.05) is 13.1 Å². The maximum absolute atomic E-state index is 12.3. The fraction of sp³-hybridized carbons (Fsp3) is 0.467. The molecule has 0 unspecified atom stereocenters. The zero-order chi connectivity index (χ0) is 15.1. The van der Waals surface area contributed by atoms with Crippen molar-refractivity contribution in [1.29, 1.82) is 0 Å². The summed E-state index contributed by atoms with van der Waals surface area (Å²) in [6, 6.07) is 6.89. The molecule has 3 N–H and O–H groups in total. The molecule has 0 bridgehead atoms. The average Bonchev–Trinajstić information content (AvgIpc) is 2.36. The molecule has 0 spiro atoms. The minimum atomic E-state index is -0.0172. The van der Waals surface area contributed by atoms with E-state index in [-0.39, 0.29) is 18.1 Å². The van der Waals surface area contributed by atoms with Crippen molar-refractivity contribution in [1.82, 2.24) is 4.90 Å². The van der Waals surface area contributed by atoms with Gasteiger partial charge < -0.3 is 15.7 Å². The van der Waals surface area contributed by atoms with Crippen molar-refractivity contribution in [2.45, 2.75) is 26.7 Å². The Balaban J connectivity index is 2.72. The summed E-state index contributed by atoms with van der Waals surface area (Å²) >= 11 is 4.86. The van der Waals surface area contributed by atoms with Crippen LogP contribution in [0.2, 0.25) is 0 Å². The number of rotatable bonds is 7. The average molecular weight is 294 g/mol. The molecule has 0 saturated heterocycles. The molecule has 0 heterocycles. The number of benzene rings is 1. The molecule has 0 aliphatic carbocycles. The van der Waals surface area contributed by atoms with E-state index in [0.29, 0.717) is 36.0 Å². The predicted octanol–water partition coefficient (Wildman–Crippen LogP) is 2.10. The van der Waals surface area contributed by atoms with Crippen LogP contribution in [-0.4, -0.2) is 34.0 Å². The molecule has 0 fully saturated rings.